The average Bonchev–Trinajstić information content (AvgIpc) is 2.39. The molecule has 17 heavy (non-hydrogen) atoms. The van der Waals surface area contributed by atoms with Gasteiger partial charge in [-0.3, -0.25) is 0 Å². The van der Waals surface area contributed by atoms with Crippen LogP contribution in [0.2, 0.25) is 0 Å². The van der Waals surface area contributed by atoms with Crippen LogP contribution in [0.4, 0.5) is 0 Å². The van der Waals surface area contributed by atoms with Crippen molar-refractivity contribution < 1.29 is 9.47 Å². The highest BCUT2D eigenvalue weighted by molar-refractivity contribution is 5.29. The molecule has 0 radical (unpaired) electrons. The van der Waals surface area contributed by atoms with Crippen LogP contribution in [0.1, 0.15) is 31.4 Å². The number of benzene rings is 1. The van der Waals surface area contributed by atoms with Crippen LogP contribution in [-0.2, 0) is 4.74 Å². The lowest BCUT2D eigenvalue weighted by atomic mass is 10.0. The molecule has 1 aromatic carbocycles. The molecule has 0 heterocycles. The number of nitrogens with one attached hydrogen (secondary N) is 1. The minimum absolute atomic E-state index is 0.345. The highest BCUT2D eigenvalue weighted by Crippen LogP contribution is 2.19. The molecule has 0 aliphatic carbocycles. The molecule has 0 amide bonds. The van der Waals surface area contributed by atoms with Gasteiger partial charge in [0.05, 0.1) is 7.11 Å². The maximum atomic E-state index is 5.52. The van der Waals surface area contributed by atoms with E-state index in [1.165, 1.54) is 5.56 Å². The van der Waals surface area contributed by atoms with Gasteiger partial charge in [0.15, 0.2) is 0 Å². The summed E-state index contributed by atoms with van der Waals surface area (Å²) in [5, 5.41) is 3.31. The smallest absolute Gasteiger partial charge is 0.118 e. The summed E-state index contributed by atoms with van der Waals surface area (Å²) in [4.78, 5) is 0. The maximum absolute atomic E-state index is 5.52. The van der Waals surface area contributed by atoms with Gasteiger partial charge in [-0.2, -0.15) is 0 Å². The molecular weight excluding hydrogens is 214 g/mol. The van der Waals surface area contributed by atoms with Crippen molar-refractivity contribution in [3.63, 3.8) is 0 Å². The van der Waals surface area contributed by atoms with E-state index < -0.39 is 0 Å². The molecule has 96 valence electrons. The van der Waals surface area contributed by atoms with Crippen LogP contribution in [0, 0.1) is 0 Å². The maximum Gasteiger partial charge on any atom is 0.118 e. The monoisotopic (exact) mass is 237 g/mol. The van der Waals surface area contributed by atoms with Gasteiger partial charge in [0.2, 0.25) is 0 Å². The van der Waals surface area contributed by atoms with Crippen molar-refractivity contribution in [2.24, 2.45) is 0 Å². The van der Waals surface area contributed by atoms with Crippen molar-refractivity contribution in [1.29, 1.82) is 0 Å². The molecular formula is C14H23NO2. The predicted octanol–water partition coefficient (Wildman–Crippen LogP) is 2.77. The fraction of sp³-hybridized carbons (Fsp3) is 0.571. The van der Waals surface area contributed by atoms with E-state index in [2.05, 4.69) is 24.4 Å². The standard InChI is InChI=1S/C14H23NO2/c1-4-10-17-11-9-14(15-2)12-5-7-13(16-3)8-6-12/h5-8,14-15H,4,9-11H2,1-3H3. The van der Waals surface area contributed by atoms with E-state index in [0.29, 0.717) is 6.04 Å². The summed E-state index contributed by atoms with van der Waals surface area (Å²) in [5.74, 6) is 0.894. The normalized spacial score (nSPS) is 12.4. The minimum Gasteiger partial charge on any atom is -0.497 e. The number of hydrogen-bond acceptors (Lipinski definition) is 3. The van der Waals surface area contributed by atoms with E-state index in [0.717, 1.165) is 31.8 Å². The molecule has 0 spiro atoms. The lowest BCUT2D eigenvalue weighted by Gasteiger charge is -2.17. The SMILES string of the molecule is CCCOCCC(NC)c1ccc(OC)cc1. The van der Waals surface area contributed by atoms with Gasteiger partial charge in [0, 0.05) is 19.3 Å². The van der Waals surface area contributed by atoms with Gasteiger partial charge in [-0.05, 0) is 37.6 Å². The van der Waals surface area contributed by atoms with Gasteiger partial charge >= 0.3 is 0 Å². The average molecular weight is 237 g/mol. The summed E-state index contributed by atoms with van der Waals surface area (Å²) in [6.45, 7) is 3.77. The lowest BCUT2D eigenvalue weighted by molar-refractivity contribution is 0.125. The first-order valence-corrected chi connectivity index (χ1v) is 6.20. The molecule has 1 aromatic rings. The lowest BCUT2D eigenvalue weighted by Crippen LogP contribution is -2.18. The molecule has 0 fully saturated rings. The van der Waals surface area contributed by atoms with Crippen LogP contribution in [0.15, 0.2) is 24.3 Å². The van der Waals surface area contributed by atoms with Crippen LogP contribution in [0.5, 0.6) is 5.75 Å². The third kappa shape index (κ3) is 4.75. The molecule has 0 aromatic heterocycles. The van der Waals surface area contributed by atoms with Gasteiger partial charge in [-0.15, -0.1) is 0 Å². The predicted molar refractivity (Wildman–Crippen MR) is 70.5 cm³/mol. The van der Waals surface area contributed by atoms with Gasteiger partial charge in [0.25, 0.3) is 0 Å². The zero-order valence-corrected chi connectivity index (χ0v) is 11.0. The van der Waals surface area contributed by atoms with E-state index in [1.807, 2.05) is 19.2 Å². The minimum atomic E-state index is 0.345. The highest BCUT2D eigenvalue weighted by atomic mass is 16.5. The largest absolute Gasteiger partial charge is 0.497 e. The number of methoxy groups -OCH3 is 1. The van der Waals surface area contributed by atoms with Crippen molar-refractivity contribution in [2.75, 3.05) is 27.4 Å². The summed E-state index contributed by atoms with van der Waals surface area (Å²) in [6.07, 6.45) is 2.07. The van der Waals surface area contributed by atoms with Crippen molar-refractivity contribution in [3.05, 3.63) is 29.8 Å². The molecule has 0 saturated carbocycles. The summed E-state index contributed by atoms with van der Waals surface area (Å²) in [6, 6.07) is 8.52. The third-order valence-corrected chi connectivity index (χ3v) is 2.77. The van der Waals surface area contributed by atoms with Gasteiger partial charge in [-0.1, -0.05) is 19.1 Å². The van der Waals surface area contributed by atoms with Gasteiger partial charge in [-0.25, -0.2) is 0 Å². The molecule has 1 rings (SSSR count). The Balaban J connectivity index is 2.47. The summed E-state index contributed by atoms with van der Waals surface area (Å²) < 4.78 is 10.7. The first kappa shape index (κ1) is 14.0. The first-order chi connectivity index (χ1) is 8.31. The molecule has 1 atom stereocenters. The Bertz CT molecular complexity index is 298. The number of rotatable bonds is 8. The van der Waals surface area contributed by atoms with E-state index in [4.69, 9.17) is 9.47 Å². The molecule has 0 aliphatic rings. The zero-order valence-electron chi connectivity index (χ0n) is 11.0. The fourth-order valence-electron chi connectivity index (χ4n) is 1.76. The Morgan fingerprint density at radius 3 is 2.41 bits per heavy atom. The number of hydrogen-bond donors (Lipinski definition) is 1. The van der Waals surface area contributed by atoms with Crippen molar-refractivity contribution in [3.8, 4) is 5.75 Å². The molecule has 0 saturated heterocycles. The van der Waals surface area contributed by atoms with Crippen LogP contribution in [0.25, 0.3) is 0 Å². The van der Waals surface area contributed by atoms with E-state index in [1.54, 1.807) is 7.11 Å². The summed E-state index contributed by atoms with van der Waals surface area (Å²) in [5.41, 5.74) is 1.27. The molecule has 1 unspecified atom stereocenters. The Hall–Kier alpha value is -1.06. The molecule has 1 N–H and O–H groups in total. The van der Waals surface area contributed by atoms with Crippen molar-refractivity contribution >= 4 is 0 Å². The Kier molecular flexibility index (Phi) is 6.67. The summed E-state index contributed by atoms with van der Waals surface area (Å²) >= 11 is 0. The third-order valence-electron chi connectivity index (χ3n) is 2.77. The second kappa shape index (κ2) is 8.09. The van der Waals surface area contributed by atoms with E-state index in [9.17, 15) is 0 Å². The Morgan fingerprint density at radius 2 is 1.88 bits per heavy atom. The molecule has 0 bridgehead atoms. The highest BCUT2D eigenvalue weighted by Gasteiger charge is 2.08. The van der Waals surface area contributed by atoms with Crippen LogP contribution in [-0.4, -0.2) is 27.4 Å². The van der Waals surface area contributed by atoms with E-state index in [-0.39, 0.29) is 0 Å². The van der Waals surface area contributed by atoms with Crippen LogP contribution >= 0.6 is 0 Å². The second-order valence-electron chi connectivity index (χ2n) is 4.02. The molecule has 0 aliphatic heterocycles. The van der Waals surface area contributed by atoms with E-state index >= 15 is 0 Å². The Morgan fingerprint density at radius 1 is 1.18 bits per heavy atom. The second-order valence-corrected chi connectivity index (χ2v) is 4.02. The van der Waals surface area contributed by atoms with Crippen molar-refractivity contribution in [1.82, 2.24) is 5.32 Å². The fourth-order valence-corrected chi connectivity index (χ4v) is 1.76. The molecule has 3 nitrogen and oxygen atoms in total. The molecule has 3 heteroatoms. The van der Waals surface area contributed by atoms with Crippen LogP contribution < -0.4 is 10.1 Å². The zero-order chi connectivity index (χ0) is 12.5. The number of ether oxygens (including phenoxy) is 2. The van der Waals surface area contributed by atoms with Gasteiger partial charge < -0.3 is 14.8 Å². The topological polar surface area (TPSA) is 30.5 Å². The van der Waals surface area contributed by atoms with Crippen LogP contribution in [0.3, 0.4) is 0 Å². The van der Waals surface area contributed by atoms with Crippen molar-refractivity contribution in [2.45, 2.75) is 25.8 Å². The Labute approximate surface area is 104 Å². The first-order valence-electron chi connectivity index (χ1n) is 6.20. The summed E-state index contributed by atoms with van der Waals surface area (Å²) in [7, 11) is 3.66. The van der Waals surface area contributed by atoms with Gasteiger partial charge in [0.1, 0.15) is 5.75 Å². The quantitative estimate of drug-likeness (QED) is 0.705.